The van der Waals surface area contributed by atoms with Crippen molar-refractivity contribution >= 4 is 21.9 Å². The third-order valence-electron chi connectivity index (χ3n) is 3.07. The van der Waals surface area contributed by atoms with Crippen molar-refractivity contribution in [1.29, 1.82) is 0 Å². The molecule has 0 amide bonds. The van der Waals surface area contributed by atoms with E-state index in [4.69, 9.17) is 9.84 Å². The number of carbonyl (C=O) groups is 1. The Balaban J connectivity index is 2.20. The van der Waals surface area contributed by atoms with Crippen molar-refractivity contribution in [3.63, 3.8) is 0 Å². The van der Waals surface area contributed by atoms with Crippen LogP contribution >= 0.6 is 15.9 Å². The highest BCUT2D eigenvalue weighted by Gasteiger charge is 2.09. The molecule has 1 N–H and O–H groups in total. The number of hydrogen-bond acceptors (Lipinski definition) is 2. The molecule has 4 heteroatoms. The van der Waals surface area contributed by atoms with Crippen LogP contribution in [0, 0.1) is 13.8 Å². The van der Waals surface area contributed by atoms with E-state index in [2.05, 4.69) is 34.1 Å². The molecule has 2 aromatic rings. The molecule has 0 saturated heterocycles. The van der Waals surface area contributed by atoms with Gasteiger partial charge in [-0.1, -0.05) is 23.8 Å². The summed E-state index contributed by atoms with van der Waals surface area (Å²) in [5.41, 5.74) is 3.63. The van der Waals surface area contributed by atoms with Gasteiger partial charge < -0.3 is 9.84 Å². The van der Waals surface area contributed by atoms with Crippen LogP contribution in [0.1, 0.15) is 27.0 Å². The average Bonchev–Trinajstić information content (AvgIpc) is 2.41. The number of aromatic carboxylic acids is 1. The van der Waals surface area contributed by atoms with Gasteiger partial charge in [0.2, 0.25) is 0 Å². The zero-order valence-corrected chi connectivity index (χ0v) is 12.9. The predicted octanol–water partition coefficient (Wildman–Crippen LogP) is 4.34. The molecule has 0 aliphatic rings. The van der Waals surface area contributed by atoms with E-state index in [1.165, 1.54) is 17.7 Å². The van der Waals surface area contributed by atoms with Crippen LogP contribution in [-0.4, -0.2) is 11.1 Å². The van der Waals surface area contributed by atoms with Gasteiger partial charge >= 0.3 is 5.97 Å². The van der Waals surface area contributed by atoms with Crippen molar-refractivity contribution in [1.82, 2.24) is 0 Å². The molecule has 0 bridgehead atoms. The van der Waals surface area contributed by atoms with Crippen molar-refractivity contribution in [2.45, 2.75) is 20.5 Å². The van der Waals surface area contributed by atoms with Gasteiger partial charge in [0.05, 0.1) is 10.0 Å². The fraction of sp³-hybridized carbons (Fsp3) is 0.188. The summed E-state index contributed by atoms with van der Waals surface area (Å²) in [6.45, 7) is 4.47. The summed E-state index contributed by atoms with van der Waals surface area (Å²) in [5, 5.41) is 9.00. The highest BCUT2D eigenvalue weighted by atomic mass is 79.9. The first-order chi connectivity index (χ1) is 9.47. The minimum absolute atomic E-state index is 0.212. The minimum atomic E-state index is -0.964. The largest absolute Gasteiger partial charge is 0.488 e. The number of carboxylic acid groups (broad SMARTS) is 1. The summed E-state index contributed by atoms with van der Waals surface area (Å²) in [6, 6.07) is 10.9. The highest BCUT2D eigenvalue weighted by molar-refractivity contribution is 9.10. The Morgan fingerprint density at radius 3 is 2.65 bits per heavy atom. The second-order valence-corrected chi connectivity index (χ2v) is 5.52. The number of aryl methyl sites for hydroxylation is 2. The number of hydrogen-bond donors (Lipinski definition) is 1. The lowest BCUT2D eigenvalue weighted by Crippen LogP contribution is -2.01. The summed E-state index contributed by atoms with van der Waals surface area (Å²) in [6.07, 6.45) is 0. The van der Waals surface area contributed by atoms with E-state index >= 15 is 0 Å². The fourth-order valence-corrected chi connectivity index (χ4v) is 2.22. The van der Waals surface area contributed by atoms with Crippen LogP contribution in [0.25, 0.3) is 0 Å². The molecule has 0 spiro atoms. The number of ether oxygens (including phenoxy) is 1. The lowest BCUT2D eigenvalue weighted by atomic mass is 10.1. The highest BCUT2D eigenvalue weighted by Crippen LogP contribution is 2.27. The van der Waals surface area contributed by atoms with E-state index in [0.29, 0.717) is 12.4 Å². The fourth-order valence-electron chi connectivity index (χ4n) is 1.86. The van der Waals surface area contributed by atoms with Crippen molar-refractivity contribution in [3.8, 4) is 5.75 Å². The molecule has 0 heterocycles. The first-order valence-electron chi connectivity index (χ1n) is 6.19. The number of rotatable bonds is 4. The van der Waals surface area contributed by atoms with Crippen LogP contribution < -0.4 is 4.74 Å². The standard InChI is InChI=1S/C16H15BrO3/c1-10-3-4-11(2)13(7-10)9-20-15-8-12(16(18)19)5-6-14(15)17/h3-8H,9H2,1-2H3,(H,18,19). The van der Waals surface area contributed by atoms with Crippen molar-refractivity contribution < 1.29 is 14.6 Å². The van der Waals surface area contributed by atoms with Gasteiger partial charge in [-0.15, -0.1) is 0 Å². The quantitative estimate of drug-likeness (QED) is 0.904. The van der Waals surface area contributed by atoms with Gasteiger partial charge in [-0.25, -0.2) is 4.79 Å². The van der Waals surface area contributed by atoms with Gasteiger partial charge in [-0.3, -0.25) is 0 Å². The van der Waals surface area contributed by atoms with E-state index in [0.717, 1.165) is 15.6 Å². The van der Waals surface area contributed by atoms with Crippen molar-refractivity contribution in [3.05, 3.63) is 63.1 Å². The molecular weight excluding hydrogens is 320 g/mol. The molecule has 0 radical (unpaired) electrons. The minimum Gasteiger partial charge on any atom is -0.488 e. The van der Waals surface area contributed by atoms with Crippen LogP contribution in [-0.2, 0) is 6.61 Å². The molecular formula is C16H15BrO3. The second-order valence-electron chi connectivity index (χ2n) is 4.67. The van der Waals surface area contributed by atoms with E-state index in [1.54, 1.807) is 6.07 Å². The summed E-state index contributed by atoms with van der Waals surface area (Å²) >= 11 is 3.37. The Kier molecular flexibility index (Phi) is 4.45. The maximum absolute atomic E-state index is 11.0. The number of carboxylic acids is 1. The van der Waals surface area contributed by atoms with E-state index < -0.39 is 5.97 Å². The van der Waals surface area contributed by atoms with E-state index in [9.17, 15) is 4.79 Å². The van der Waals surface area contributed by atoms with Crippen molar-refractivity contribution in [2.75, 3.05) is 0 Å². The second kappa shape index (κ2) is 6.09. The van der Waals surface area contributed by atoms with Gasteiger partial charge in [0, 0.05) is 0 Å². The number of halogens is 1. The average molecular weight is 335 g/mol. The lowest BCUT2D eigenvalue weighted by molar-refractivity contribution is 0.0696. The normalized spacial score (nSPS) is 10.3. The zero-order valence-electron chi connectivity index (χ0n) is 11.3. The Hall–Kier alpha value is -1.81. The maximum atomic E-state index is 11.0. The van der Waals surface area contributed by atoms with Crippen molar-refractivity contribution in [2.24, 2.45) is 0 Å². The summed E-state index contributed by atoms with van der Waals surface area (Å²) in [7, 11) is 0. The Bertz CT molecular complexity index is 650. The molecule has 3 nitrogen and oxygen atoms in total. The Morgan fingerprint density at radius 2 is 1.95 bits per heavy atom. The lowest BCUT2D eigenvalue weighted by Gasteiger charge is -2.11. The summed E-state index contributed by atoms with van der Waals surface area (Å²) in [4.78, 5) is 11.0. The zero-order chi connectivity index (χ0) is 14.7. The smallest absolute Gasteiger partial charge is 0.335 e. The molecule has 0 aromatic heterocycles. The van der Waals surface area contributed by atoms with E-state index in [1.807, 2.05) is 13.8 Å². The molecule has 0 aliphatic heterocycles. The molecule has 0 aliphatic carbocycles. The number of benzene rings is 2. The van der Waals surface area contributed by atoms with Crippen LogP contribution in [0.5, 0.6) is 5.75 Å². The third-order valence-corrected chi connectivity index (χ3v) is 3.72. The monoisotopic (exact) mass is 334 g/mol. The first-order valence-corrected chi connectivity index (χ1v) is 6.98. The molecule has 2 rings (SSSR count). The molecule has 2 aromatic carbocycles. The molecule has 20 heavy (non-hydrogen) atoms. The third kappa shape index (κ3) is 3.39. The van der Waals surface area contributed by atoms with Gasteiger partial charge in [0.15, 0.2) is 0 Å². The molecule has 0 unspecified atom stereocenters. The Labute approximate surface area is 126 Å². The van der Waals surface area contributed by atoms with Crippen LogP contribution in [0.4, 0.5) is 0 Å². The van der Waals surface area contributed by atoms with Gasteiger partial charge in [0.25, 0.3) is 0 Å². The molecule has 0 saturated carbocycles. The molecule has 0 atom stereocenters. The Morgan fingerprint density at radius 1 is 1.20 bits per heavy atom. The molecule has 0 fully saturated rings. The first kappa shape index (κ1) is 14.6. The predicted molar refractivity (Wildman–Crippen MR) is 81.3 cm³/mol. The van der Waals surface area contributed by atoms with Crippen LogP contribution in [0.2, 0.25) is 0 Å². The van der Waals surface area contributed by atoms with E-state index in [-0.39, 0.29) is 5.56 Å². The van der Waals surface area contributed by atoms with Gasteiger partial charge in [0.1, 0.15) is 12.4 Å². The summed E-state index contributed by atoms with van der Waals surface area (Å²) in [5.74, 6) is -0.431. The van der Waals surface area contributed by atoms with Crippen LogP contribution in [0.15, 0.2) is 40.9 Å². The summed E-state index contributed by atoms with van der Waals surface area (Å²) < 4.78 is 6.48. The van der Waals surface area contributed by atoms with Crippen LogP contribution in [0.3, 0.4) is 0 Å². The maximum Gasteiger partial charge on any atom is 0.335 e. The SMILES string of the molecule is Cc1ccc(C)c(COc2cc(C(=O)O)ccc2Br)c1. The topological polar surface area (TPSA) is 46.5 Å². The van der Waals surface area contributed by atoms with Gasteiger partial charge in [-0.05, 0) is 59.1 Å². The molecule has 104 valence electrons. The van der Waals surface area contributed by atoms with Gasteiger partial charge in [-0.2, -0.15) is 0 Å².